The van der Waals surface area contributed by atoms with E-state index in [4.69, 9.17) is 4.74 Å². The summed E-state index contributed by atoms with van der Waals surface area (Å²) in [6, 6.07) is 18.7. The fourth-order valence-corrected chi connectivity index (χ4v) is 2.35. The lowest BCUT2D eigenvalue weighted by Gasteiger charge is -2.16. The lowest BCUT2D eigenvalue weighted by atomic mass is 10.0. The van der Waals surface area contributed by atoms with Crippen LogP contribution in [0.4, 0.5) is 0 Å². The zero-order valence-electron chi connectivity index (χ0n) is 11.3. The lowest BCUT2D eigenvalue weighted by Crippen LogP contribution is -2.12. The summed E-state index contributed by atoms with van der Waals surface area (Å²) in [7, 11) is 0. The Morgan fingerprint density at radius 1 is 1.05 bits per heavy atom. The minimum Gasteiger partial charge on any atom is -0.493 e. The molecule has 2 rings (SSSR count). The molecule has 0 aliphatic carbocycles. The van der Waals surface area contributed by atoms with Crippen molar-refractivity contribution in [3.8, 4) is 5.75 Å². The second-order valence-electron chi connectivity index (χ2n) is 4.60. The van der Waals surface area contributed by atoms with Crippen molar-refractivity contribution < 1.29 is 4.74 Å². The molecule has 2 heteroatoms. The molecule has 1 atom stereocenters. The zero-order chi connectivity index (χ0) is 13.5. The molecule has 0 spiro atoms. The first-order valence-corrected chi connectivity index (χ1v) is 7.34. The summed E-state index contributed by atoms with van der Waals surface area (Å²) in [5.41, 5.74) is 2.59. The average molecular weight is 272 g/mol. The molecule has 0 amide bonds. The van der Waals surface area contributed by atoms with Crippen molar-refractivity contribution in [2.75, 3.05) is 12.4 Å². The summed E-state index contributed by atoms with van der Waals surface area (Å²) >= 11 is 4.43. The molecule has 0 bridgehead atoms. The number of aryl methyl sites for hydroxylation is 1. The van der Waals surface area contributed by atoms with E-state index >= 15 is 0 Å². The van der Waals surface area contributed by atoms with Gasteiger partial charge in [-0.15, -0.1) is 0 Å². The highest BCUT2D eigenvalue weighted by Crippen LogP contribution is 2.20. The summed E-state index contributed by atoms with van der Waals surface area (Å²) in [4.78, 5) is 0. The van der Waals surface area contributed by atoms with Crippen LogP contribution in [0.5, 0.6) is 5.75 Å². The summed E-state index contributed by atoms with van der Waals surface area (Å²) in [6.07, 6.45) is 1.03. The molecule has 0 aliphatic rings. The standard InChI is InChI=1S/C17H20OS/c1-2-14-7-6-10-17(11-14)18-12-16(13-19)15-8-4-3-5-9-15/h3-11,16,19H,2,12-13H2,1H3. The Morgan fingerprint density at radius 2 is 1.84 bits per heavy atom. The summed E-state index contributed by atoms with van der Waals surface area (Å²) in [5, 5.41) is 0. The van der Waals surface area contributed by atoms with Gasteiger partial charge in [0.25, 0.3) is 0 Å². The van der Waals surface area contributed by atoms with Crippen LogP contribution >= 0.6 is 12.6 Å². The maximum absolute atomic E-state index is 5.91. The third-order valence-corrected chi connectivity index (χ3v) is 3.69. The maximum atomic E-state index is 5.91. The van der Waals surface area contributed by atoms with Crippen LogP contribution in [0.15, 0.2) is 54.6 Å². The van der Waals surface area contributed by atoms with Gasteiger partial charge < -0.3 is 4.74 Å². The van der Waals surface area contributed by atoms with E-state index in [0.717, 1.165) is 17.9 Å². The largest absolute Gasteiger partial charge is 0.493 e. The Bertz CT molecular complexity index is 496. The minimum absolute atomic E-state index is 0.329. The minimum atomic E-state index is 0.329. The predicted molar refractivity (Wildman–Crippen MR) is 84.4 cm³/mol. The maximum Gasteiger partial charge on any atom is 0.119 e. The smallest absolute Gasteiger partial charge is 0.119 e. The van der Waals surface area contributed by atoms with E-state index < -0.39 is 0 Å². The summed E-state index contributed by atoms with van der Waals surface area (Å²) in [6.45, 7) is 2.82. The molecule has 0 radical (unpaired) electrons. The highest BCUT2D eigenvalue weighted by Gasteiger charge is 2.10. The van der Waals surface area contributed by atoms with Gasteiger partial charge in [0.15, 0.2) is 0 Å². The molecule has 2 aromatic rings. The Balaban J connectivity index is 2.00. The van der Waals surface area contributed by atoms with Gasteiger partial charge in [-0.05, 0) is 29.7 Å². The Kier molecular flexibility index (Phi) is 5.34. The highest BCUT2D eigenvalue weighted by molar-refractivity contribution is 7.80. The lowest BCUT2D eigenvalue weighted by molar-refractivity contribution is 0.297. The van der Waals surface area contributed by atoms with Crippen molar-refractivity contribution in [2.24, 2.45) is 0 Å². The third kappa shape index (κ3) is 4.03. The quantitative estimate of drug-likeness (QED) is 0.770. The number of rotatable bonds is 6. The number of thiol groups is 1. The van der Waals surface area contributed by atoms with Crippen molar-refractivity contribution >= 4 is 12.6 Å². The van der Waals surface area contributed by atoms with Crippen molar-refractivity contribution in [3.63, 3.8) is 0 Å². The highest BCUT2D eigenvalue weighted by atomic mass is 32.1. The molecule has 1 unspecified atom stereocenters. The fourth-order valence-electron chi connectivity index (χ4n) is 2.03. The SMILES string of the molecule is CCc1cccc(OCC(CS)c2ccccc2)c1. The molecule has 0 fully saturated rings. The molecule has 0 aromatic heterocycles. The van der Waals surface area contributed by atoms with Gasteiger partial charge >= 0.3 is 0 Å². The van der Waals surface area contributed by atoms with Gasteiger partial charge in [-0.2, -0.15) is 12.6 Å². The number of benzene rings is 2. The van der Waals surface area contributed by atoms with Gasteiger partial charge in [-0.3, -0.25) is 0 Å². The van der Waals surface area contributed by atoms with E-state index in [0.29, 0.717) is 12.5 Å². The first-order valence-electron chi connectivity index (χ1n) is 6.71. The second-order valence-corrected chi connectivity index (χ2v) is 4.97. The van der Waals surface area contributed by atoms with Crippen LogP contribution in [0, 0.1) is 0 Å². The van der Waals surface area contributed by atoms with E-state index in [2.05, 4.69) is 56.0 Å². The van der Waals surface area contributed by atoms with Gasteiger partial charge in [-0.1, -0.05) is 49.4 Å². The Hall–Kier alpha value is -1.41. The van der Waals surface area contributed by atoms with Crippen LogP contribution in [0.3, 0.4) is 0 Å². The predicted octanol–water partition coefficient (Wildman–Crippen LogP) is 4.34. The second kappa shape index (κ2) is 7.25. The first kappa shape index (κ1) is 14.0. The molecular weight excluding hydrogens is 252 g/mol. The number of hydrogen-bond donors (Lipinski definition) is 1. The van der Waals surface area contributed by atoms with E-state index in [1.165, 1.54) is 11.1 Å². The van der Waals surface area contributed by atoms with Crippen LogP contribution < -0.4 is 4.74 Å². The molecule has 1 nitrogen and oxygen atoms in total. The monoisotopic (exact) mass is 272 g/mol. The van der Waals surface area contributed by atoms with Crippen LogP contribution in [0.2, 0.25) is 0 Å². The molecular formula is C17H20OS. The van der Waals surface area contributed by atoms with Gasteiger partial charge in [0, 0.05) is 11.7 Å². The first-order chi connectivity index (χ1) is 9.33. The summed E-state index contributed by atoms with van der Waals surface area (Å²) in [5.74, 6) is 2.06. The fraction of sp³-hybridized carbons (Fsp3) is 0.294. The number of ether oxygens (including phenoxy) is 1. The normalized spacial score (nSPS) is 12.1. The van der Waals surface area contributed by atoms with Crippen LogP contribution in [-0.2, 0) is 6.42 Å². The van der Waals surface area contributed by atoms with E-state index in [-0.39, 0.29) is 0 Å². The van der Waals surface area contributed by atoms with Gasteiger partial charge in [0.05, 0.1) is 6.61 Å². The van der Waals surface area contributed by atoms with E-state index in [9.17, 15) is 0 Å². The van der Waals surface area contributed by atoms with Crippen LogP contribution in [0.25, 0.3) is 0 Å². The molecule has 2 aromatic carbocycles. The van der Waals surface area contributed by atoms with Crippen molar-refractivity contribution in [1.82, 2.24) is 0 Å². The third-order valence-electron chi connectivity index (χ3n) is 3.25. The van der Waals surface area contributed by atoms with Crippen LogP contribution in [0.1, 0.15) is 24.0 Å². The van der Waals surface area contributed by atoms with Gasteiger partial charge in [0.2, 0.25) is 0 Å². The zero-order valence-corrected chi connectivity index (χ0v) is 12.1. The molecule has 100 valence electrons. The van der Waals surface area contributed by atoms with Gasteiger partial charge in [0.1, 0.15) is 5.75 Å². The van der Waals surface area contributed by atoms with Crippen molar-refractivity contribution in [3.05, 3.63) is 65.7 Å². The van der Waals surface area contributed by atoms with E-state index in [1.807, 2.05) is 18.2 Å². The van der Waals surface area contributed by atoms with Crippen LogP contribution in [-0.4, -0.2) is 12.4 Å². The average Bonchev–Trinajstić information content (AvgIpc) is 2.49. The Labute approximate surface area is 121 Å². The molecule has 0 N–H and O–H groups in total. The van der Waals surface area contributed by atoms with Crippen molar-refractivity contribution in [1.29, 1.82) is 0 Å². The number of hydrogen-bond acceptors (Lipinski definition) is 2. The molecule has 0 saturated heterocycles. The summed E-state index contributed by atoms with van der Waals surface area (Å²) < 4.78 is 5.91. The topological polar surface area (TPSA) is 9.23 Å². The van der Waals surface area contributed by atoms with Crippen molar-refractivity contribution in [2.45, 2.75) is 19.3 Å². The van der Waals surface area contributed by atoms with Gasteiger partial charge in [-0.25, -0.2) is 0 Å². The molecule has 0 saturated carbocycles. The molecule has 0 heterocycles. The Morgan fingerprint density at radius 3 is 2.53 bits per heavy atom. The van der Waals surface area contributed by atoms with E-state index in [1.54, 1.807) is 0 Å². The molecule has 19 heavy (non-hydrogen) atoms. The molecule has 0 aliphatic heterocycles.